The lowest BCUT2D eigenvalue weighted by molar-refractivity contribution is 0.104. The van der Waals surface area contributed by atoms with Gasteiger partial charge in [0.25, 0.3) is 0 Å². The number of ether oxygens (including phenoxy) is 1. The molecule has 3 heteroatoms. The number of benzene rings is 2. The maximum absolute atomic E-state index is 12.6. The summed E-state index contributed by atoms with van der Waals surface area (Å²) in [6.45, 7) is 0. The van der Waals surface area contributed by atoms with E-state index in [1.807, 2.05) is 36.4 Å². The third-order valence-corrected chi connectivity index (χ3v) is 3.67. The summed E-state index contributed by atoms with van der Waals surface area (Å²) in [6.07, 6.45) is 0. The predicted octanol–water partition coefficient (Wildman–Crippen LogP) is 3.39. The van der Waals surface area contributed by atoms with Crippen LogP contribution in [0.3, 0.4) is 0 Å². The summed E-state index contributed by atoms with van der Waals surface area (Å²) >= 11 is 0. The number of hydrogen-bond acceptors (Lipinski definition) is 2. The molecule has 0 saturated heterocycles. The molecule has 0 fully saturated rings. The van der Waals surface area contributed by atoms with Gasteiger partial charge in [0.2, 0.25) is 0 Å². The van der Waals surface area contributed by atoms with Crippen molar-refractivity contribution in [3.8, 4) is 17.0 Å². The minimum Gasteiger partial charge on any atom is -0.497 e. The number of methoxy groups -OCH3 is 1. The number of nitrogens with one attached hydrogen (secondary N) is 1. The highest BCUT2D eigenvalue weighted by Gasteiger charge is 2.30. The first-order valence-electron chi connectivity index (χ1n) is 6.13. The first-order valence-corrected chi connectivity index (χ1v) is 6.13. The molecular formula is C16H11NO2. The first-order chi connectivity index (χ1) is 9.29. The summed E-state index contributed by atoms with van der Waals surface area (Å²) < 4.78 is 5.19. The van der Waals surface area contributed by atoms with Crippen LogP contribution in [0.5, 0.6) is 5.75 Å². The zero-order valence-corrected chi connectivity index (χ0v) is 10.4. The van der Waals surface area contributed by atoms with E-state index in [1.165, 1.54) is 0 Å². The van der Waals surface area contributed by atoms with Crippen molar-refractivity contribution >= 4 is 16.7 Å². The number of ketones is 1. The minimum absolute atomic E-state index is 0.0707. The molecule has 1 heterocycles. The van der Waals surface area contributed by atoms with Gasteiger partial charge in [-0.15, -0.1) is 0 Å². The number of aromatic amines is 1. The Labute approximate surface area is 109 Å². The smallest absolute Gasteiger partial charge is 0.196 e. The Kier molecular flexibility index (Phi) is 1.90. The molecule has 1 aliphatic carbocycles. The Balaban J connectivity index is 2.07. The summed E-state index contributed by atoms with van der Waals surface area (Å²) in [7, 11) is 1.61. The number of carbonyl (C=O) groups excluding carboxylic acids is 1. The fourth-order valence-electron chi connectivity index (χ4n) is 2.77. The number of rotatable bonds is 1. The van der Waals surface area contributed by atoms with E-state index in [1.54, 1.807) is 13.2 Å². The largest absolute Gasteiger partial charge is 0.497 e. The number of aromatic nitrogens is 1. The number of para-hydroxylation sites is 1. The van der Waals surface area contributed by atoms with Crippen molar-refractivity contribution in [2.24, 2.45) is 0 Å². The van der Waals surface area contributed by atoms with Gasteiger partial charge >= 0.3 is 0 Å². The summed E-state index contributed by atoms with van der Waals surface area (Å²) in [5.41, 5.74) is 4.37. The van der Waals surface area contributed by atoms with Crippen molar-refractivity contribution in [3.05, 3.63) is 53.6 Å². The highest BCUT2D eigenvalue weighted by atomic mass is 16.5. The summed E-state index contributed by atoms with van der Waals surface area (Å²) in [5.74, 6) is 0.780. The molecule has 0 bridgehead atoms. The first kappa shape index (κ1) is 10.4. The van der Waals surface area contributed by atoms with Gasteiger partial charge in [-0.2, -0.15) is 0 Å². The molecule has 0 aliphatic heterocycles. The SMILES string of the molecule is COc1ccc2c(c1)C(=O)c1c-2[nH]c2ccccc12. The van der Waals surface area contributed by atoms with Crippen LogP contribution >= 0.6 is 0 Å². The van der Waals surface area contributed by atoms with Crippen LogP contribution in [-0.4, -0.2) is 17.9 Å². The Hall–Kier alpha value is -2.55. The highest BCUT2D eigenvalue weighted by Crippen LogP contribution is 2.41. The van der Waals surface area contributed by atoms with Crippen LogP contribution in [0.1, 0.15) is 15.9 Å². The molecule has 0 atom stereocenters. The second kappa shape index (κ2) is 3.48. The Morgan fingerprint density at radius 2 is 1.89 bits per heavy atom. The standard InChI is InChI=1S/C16H11NO2/c1-19-9-6-7-10-12(8-9)16(18)14-11-4-2-3-5-13(11)17-15(10)14/h2-8,17H,1H3. The van der Waals surface area contributed by atoms with E-state index < -0.39 is 0 Å². The molecule has 0 spiro atoms. The van der Waals surface area contributed by atoms with Crippen molar-refractivity contribution in [2.45, 2.75) is 0 Å². The highest BCUT2D eigenvalue weighted by molar-refractivity contribution is 6.27. The van der Waals surface area contributed by atoms with Crippen molar-refractivity contribution in [3.63, 3.8) is 0 Å². The van der Waals surface area contributed by atoms with E-state index in [9.17, 15) is 4.79 Å². The molecule has 1 N–H and O–H groups in total. The van der Waals surface area contributed by atoms with E-state index in [0.29, 0.717) is 11.3 Å². The molecule has 92 valence electrons. The van der Waals surface area contributed by atoms with Gasteiger partial charge in [-0.05, 0) is 24.3 Å². The third-order valence-electron chi connectivity index (χ3n) is 3.67. The summed E-state index contributed by atoms with van der Waals surface area (Å²) in [4.78, 5) is 15.9. The molecule has 0 radical (unpaired) electrons. The second-order valence-corrected chi connectivity index (χ2v) is 4.66. The molecular weight excluding hydrogens is 238 g/mol. The quantitative estimate of drug-likeness (QED) is 0.562. The van der Waals surface area contributed by atoms with E-state index in [4.69, 9.17) is 4.74 Å². The predicted molar refractivity (Wildman–Crippen MR) is 73.7 cm³/mol. The van der Waals surface area contributed by atoms with Crippen molar-refractivity contribution < 1.29 is 9.53 Å². The molecule has 2 aromatic carbocycles. The lowest BCUT2D eigenvalue weighted by Gasteiger charge is -2.03. The summed E-state index contributed by atoms with van der Waals surface area (Å²) in [6, 6.07) is 13.5. The second-order valence-electron chi connectivity index (χ2n) is 4.66. The Bertz CT molecular complexity index is 830. The van der Waals surface area contributed by atoms with E-state index in [-0.39, 0.29) is 5.78 Å². The van der Waals surface area contributed by atoms with E-state index in [0.717, 1.165) is 27.7 Å². The Morgan fingerprint density at radius 1 is 1.05 bits per heavy atom. The number of H-pyrrole nitrogens is 1. The molecule has 0 unspecified atom stereocenters. The normalized spacial score (nSPS) is 12.6. The molecule has 3 aromatic rings. The van der Waals surface area contributed by atoms with Crippen LogP contribution in [0.25, 0.3) is 22.2 Å². The van der Waals surface area contributed by atoms with E-state index in [2.05, 4.69) is 4.98 Å². The zero-order chi connectivity index (χ0) is 13.0. The third kappa shape index (κ3) is 1.24. The fourth-order valence-corrected chi connectivity index (χ4v) is 2.77. The van der Waals surface area contributed by atoms with Gasteiger partial charge < -0.3 is 9.72 Å². The van der Waals surface area contributed by atoms with Gasteiger partial charge in [0, 0.05) is 22.0 Å². The molecule has 3 nitrogen and oxygen atoms in total. The maximum atomic E-state index is 12.6. The lowest BCUT2D eigenvalue weighted by atomic mass is 10.1. The Morgan fingerprint density at radius 3 is 2.74 bits per heavy atom. The van der Waals surface area contributed by atoms with Crippen LogP contribution in [0.2, 0.25) is 0 Å². The van der Waals surface area contributed by atoms with Crippen LogP contribution in [0.4, 0.5) is 0 Å². The maximum Gasteiger partial charge on any atom is 0.196 e. The molecule has 1 aromatic heterocycles. The average molecular weight is 249 g/mol. The van der Waals surface area contributed by atoms with Crippen molar-refractivity contribution in [1.29, 1.82) is 0 Å². The van der Waals surface area contributed by atoms with Gasteiger partial charge in [-0.3, -0.25) is 4.79 Å². The molecule has 0 amide bonds. The van der Waals surface area contributed by atoms with Crippen molar-refractivity contribution in [1.82, 2.24) is 4.98 Å². The number of hydrogen-bond donors (Lipinski definition) is 1. The number of carbonyl (C=O) groups is 1. The molecule has 4 rings (SSSR count). The zero-order valence-electron chi connectivity index (χ0n) is 10.4. The van der Waals surface area contributed by atoms with Gasteiger partial charge in [-0.25, -0.2) is 0 Å². The molecule has 1 aliphatic rings. The molecule has 19 heavy (non-hydrogen) atoms. The van der Waals surface area contributed by atoms with Gasteiger partial charge in [-0.1, -0.05) is 18.2 Å². The lowest BCUT2D eigenvalue weighted by Crippen LogP contribution is -1.95. The van der Waals surface area contributed by atoms with Gasteiger partial charge in [0.15, 0.2) is 5.78 Å². The fraction of sp³-hybridized carbons (Fsp3) is 0.0625. The monoisotopic (exact) mass is 249 g/mol. The topological polar surface area (TPSA) is 42.1 Å². The summed E-state index contributed by atoms with van der Waals surface area (Å²) in [5, 5.41) is 0.984. The minimum atomic E-state index is 0.0707. The number of fused-ring (bicyclic) bond motifs is 5. The van der Waals surface area contributed by atoms with Crippen LogP contribution in [0, 0.1) is 0 Å². The van der Waals surface area contributed by atoms with E-state index >= 15 is 0 Å². The average Bonchev–Trinajstić information content (AvgIpc) is 2.95. The van der Waals surface area contributed by atoms with Crippen LogP contribution in [-0.2, 0) is 0 Å². The van der Waals surface area contributed by atoms with Crippen molar-refractivity contribution in [2.75, 3.05) is 7.11 Å². The molecule has 0 saturated carbocycles. The van der Waals surface area contributed by atoms with Crippen LogP contribution in [0.15, 0.2) is 42.5 Å². The van der Waals surface area contributed by atoms with Gasteiger partial charge in [0.1, 0.15) is 5.75 Å². The van der Waals surface area contributed by atoms with Gasteiger partial charge in [0.05, 0.1) is 18.4 Å². The van der Waals surface area contributed by atoms with Crippen LogP contribution < -0.4 is 4.74 Å².